The average Bonchev–Trinajstić information content (AvgIpc) is 2.66. The van der Waals surface area contributed by atoms with Crippen LogP contribution in [0.25, 0.3) is 10.9 Å². The van der Waals surface area contributed by atoms with E-state index in [2.05, 4.69) is 15.5 Å². The van der Waals surface area contributed by atoms with Gasteiger partial charge in [-0.05, 0) is 48.4 Å². The Morgan fingerprint density at radius 1 is 1.20 bits per heavy atom. The molecule has 1 heterocycles. The average molecular weight is 333 g/mol. The lowest BCUT2D eigenvalue weighted by Crippen LogP contribution is -2.22. The fraction of sp³-hybridized carbons (Fsp3) is 0.150. The van der Waals surface area contributed by atoms with Crippen LogP contribution in [0, 0.1) is 0 Å². The van der Waals surface area contributed by atoms with Crippen molar-refractivity contribution in [2.24, 2.45) is 5.16 Å². The van der Waals surface area contributed by atoms with Crippen molar-refractivity contribution in [3.8, 4) is 0 Å². The van der Waals surface area contributed by atoms with E-state index in [0.717, 1.165) is 22.0 Å². The molecule has 3 aromatic rings. The Balaban J connectivity index is 1.66. The molecule has 3 rings (SSSR count). The number of nitrogens with zero attached hydrogens (tertiary/aromatic N) is 2. The molecule has 5 heteroatoms. The molecule has 0 aliphatic heterocycles. The summed E-state index contributed by atoms with van der Waals surface area (Å²) in [6.45, 7) is 2.86. The Morgan fingerprint density at radius 3 is 3.00 bits per heavy atom. The maximum absolute atomic E-state index is 12.4. The van der Waals surface area contributed by atoms with Crippen LogP contribution in [-0.2, 0) is 11.4 Å². The van der Waals surface area contributed by atoms with Gasteiger partial charge >= 0.3 is 0 Å². The lowest BCUT2D eigenvalue weighted by Gasteiger charge is -2.07. The predicted octanol–water partition coefficient (Wildman–Crippen LogP) is 3.54. The second kappa shape index (κ2) is 8.06. The van der Waals surface area contributed by atoms with E-state index in [1.807, 2.05) is 55.5 Å². The number of hydrogen-bond donors (Lipinski definition) is 1. The van der Waals surface area contributed by atoms with Crippen LogP contribution < -0.4 is 5.32 Å². The highest BCUT2D eigenvalue weighted by molar-refractivity contribution is 5.97. The summed E-state index contributed by atoms with van der Waals surface area (Å²) in [4.78, 5) is 21.6. The number of carbonyl (C=O) groups excluding carboxylic acids is 1. The van der Waals surface area contributed by atoms with Gasteiger partial charge in [0.05, 0.1) is 11.7 Å². The molecule has 1 amide bonds. The van der Waals surface area contributed by atoms with Gasteiger partial charge in [0.2, 0.25) is 0 Å². The first kappa shape index (κ1) is 16.6. The van der Waals surface area contributed by atoms with Crippen LogP contribution in [0.5, 0.6) is 0 Å². The lowest BCUT2D eigenvalue weighted by molar-refractivity contribution is 0.0951. The van der Waals surface area contributed by atoms with Gasteiger partial charge in [0.25, 0.3) is 5.91 Å². The van der Waals surface area contributed by atoms with E-state index in [4.69, 9.17) is 4.84 Å². The molecular weight excluding hydrogens is 314 g/mol. The van der Waals surface area contributed by atoms with E-state index < -0.39 is 0 Å². The molecule has 126 valence electrons. The van der Waals surface area contributed by atoms with Crippen LogP contribution in [-0.4, -0.2) is 23.7 Å². The normalized spacial score (nSPS) is 10.9. The fourth-order valence-corrected chi connectivity index (χ4v) is 2.46. The van der Waals surface area contributed by atoms with Gasteiger partial charge in [-0.2, -0.15) is 0 Å². The summed E-state index contributed by atoms with van der Waals surface area (Å²) in [7, 11) is 0. The van der Waals surface area contributed by atoms with Crippen LogP contribution in [0.1, 0.15) is 28.4 Å². The maximum atomic E-state index is 12.4. The van der Waals surface area contributed by atoms with Crippen LogP contribution >= 0.6 is 0 Å². The Hall–Kier alpha value is -3.21. The zero-order valence-corrected chi connectivity index (χ0v) is 14.0. The third-order valence-electron chi connectivity index (χ3n) is 3.67. The minimum atomic E-state index is -0.112. The summed E-state index contributed by atoms with van der Waals surface area (Å²) in [5.74, 6) is -0.112. The molecule has 0 radical (unpaired) electrons. The largest absolute Gasteiger partial charge is 0.396 e. The van der Waals surface area contributed by atoms with Gasteiger partial charge in [0, 0.05) is 23.7 Å². The quantitative estimate of drug-likeness (QED) is 0.554. The van der Waals surface area contributed by atoms with Crippen LogP contribution in [0.3, 0.4) is 0 Å². The zero-order valence-electron chi connectivity index (χ0n) is 14.0. The lowest BCUT2D eigenvalue weighted by atomic mass is 10.1. The highest BCUT2D eigenvalue weighted by Gasteiger charge is 2.06. The Morgan fingerprint density at radius 2 is 2.12 bits per heavy atom. The number of fused-ring (bicyclic) bond motifs is 1. The highest BCUT2D eigenvalue weighted by atomic mass is 16.6. The monoisotopic (exact) mass is 333 g/mol. The number of pyridine rings is 1. The molecule has 2 aromatic carbocycles. The van der Waals surface area contributed by atoms with Crippen molar-refractivity contribution in [1.82, 2.24) is 10.3 Å². The van der Waals surface area contributed by atoms with Crippen molar-refractivity contribution < 1.29 is 9.63 Å². The number of hydrogen-bond acceptors (Lipinski definition) is 4. The van der Waals surface area contributed by atoms with Crippen LogP contribution in [0.15, 0.2) is 65.9 Å². The Bertz CT molecular complexity index is 906. The van der Waals surface area contributed by atoms with E-state index in [-0.39, 0.29) is 5.91 Å². The number of amides is 1. The number of oxime groups is 1. The van der Waals surface area contributed by atoms with E-state index in [0.29, 0.717) is 18.7 Å². The first-order chi connectivity index (χ1) is 12.3. The van der Waals surface area contributed by atoms with Crippen molar-refractivity contribution in [3.63, 3.8) is 0 Å². The van der Waals surface area contributed by atoms with Crippen molar-refractivity contribution in [3.05, 3.63) is 77.5 Å². The topological polar surface area (TPSA) is 63.6 Å². The number of aromatic nitrogens is 1. The molecule has 0 aliphatic rings. The molecule has 0 unspecified atom stereocenters. The molecule has 0 fully saturated rings. The molecule has 0 atom stereocenters. The van der Waals surface area contributed by atoms with Gasteiger partial charge in [0.15, 0.2) is 0 Å². The summed E-state index contributed by atoms with van der Waals surface area (Å²) in [5.41, 5.74) is 3.42. The summed E-state index contributed by atoms with van der Waals surface area (Å²) < 4.78 is 0. The molecule has 25 heavy (non-hydrogen) atoms. The van der Waals surface area contributed by atoms with E-state index in [1.165, 1.54) is 0 Å². The molecule has 0 spiro atoms. The highest BCUT2D eigenvalue weighted by Crippen LogP contribution is 2.13. The van der Waals surface area contributed by atoms with Crippen LogP contribution in [0.4, 0.5) is 0 Å². The minimum absolute atomic E-state index is 0.112. The molecule has 0 aliphatic carbocycles. The smallest absolute Gasteiger partial charge is 0.251 e. The number of carbonyl (C=O) groups is 1. The Kier molecular flexibility index (Phi) is 5.36. The zero-order chi connectivity index (χ0) is 17.5. The summed E-state index contributed by atoms with van der Waals surface area (Å²) in [6.07, 6.45) is 3.40. The Labute approximate surface area is 146 Å². The van der Waals surface area contributed by atoms with Crippen molar-refractivity contribution in [1.29, 1.82) is 0 Å². The number of benzene rings is 2. The summed E-state index contributed by atoms with van der Waals surface area (Å²) >= 11 is 0. The summed E-state index contributed by atoms with van der Waals surface area (Å²) in [6, 6.07) is 17.1. The third kappa shape index (κ3) is 4.41. The molecule has 0 saturated carbocycles. The first-order valence-corrected chi connectivity index (χ1v) is 8.13. The molecular formula is C20H19N3O2. The molecule has 0 saturated heterocycles. The first-order valence-electron chi connectivity index (χ1n) is 8.13. The number of rotatable bonds is 6. The second-order valence-electron chi connectivity index (χ2n) is 5.49. The molecule has 1 N–H and O–H groups in total. The van der Waals surface area contributed by atoms with E-state index in [1.54, 1.807) is 18.5 Å². The minimum Gasteiger partial charge on any atom is -0.396 e. The summed E-state index contributed by atoms with van der Waals surface area (Å²) in [5, 5.41) is 7.74. The van der Waals surface area contributed by atoms with Crippen molar-refractivity contribution >= 4 is 23.0 Å². The van der Waals surface area contributed by atoms with Crippen molar-refractivity contribution in [2.75, 3.05) is 6.61 Å². The molecule has 1 aromatic heterocycles. The maximum Gasteiger partial charge on any atom is 0.251 e. The SMILES string of the molecule is CCO/N=C/c1cccc(CNC(=O)c2ccc3ncccc3c2)c1. The third-order valence-corrected chi connectivity index (χ3v) is 3.67. The van der Waals surface area contributed by atoms with Gasteiger partial charge in [-0.15, -0.1) is 0 Å². The van der Waals surface area contributed by atoms with Gasteiger partial charge in [-0.25, -0.2) is 0 Å². The van der Waals surface area contributed by atoms with Crippen molar-refractivity contribution in [2.45, 2.75) is 13.5 Å². The predicted molar refractivity (Wildman–Crippen MR) is 98.6 cm³/mol. The molecule has 5 nitrogen and oxygen atoms in total. The standard InChI is InChI=1S/C20H19N3O2/c1-2-25-23-14-16-6-3-5-15(11-16)13-22-20(24)18-8-9-19-17(12-18)7-4-10-21-19/h3-12,14H,2,13H2,1H3,(H,22,24)/b23-14+. The second-order valence-corrected chi connectivity index (χ2v) is 5.49. The van der Waals surface area contributed by atoms with Gasteiger partial charge in [0.1, 0.15) is 6.61 Å². The van der Waals surface area contributed by atoms with E-state index >= 15 is 0 Å². The van der Waals surface area contributed by atoms with E-state index in [9.17, 15) is 4.79 Å². The fourth-order valence-electron chi connectivity index (χ4n) is 2.46. The van der Waals surface area contributed by atoms with Gasteiger partial charge < -0.3 is 10.2 Å². The molecule has 0 bridgehead atoms. The van der Waals surface area contributed by atoms with Crippen LogP contribution in [0.2, 0.25) is 0 Å². The van der Waals surface area contributed by atoms with Gasteiger partial charge in [-0.3, -0.25) is 9.78 Å². The van der Waals surface area contributed by atoms with Gasteiger partial charge in [-0.1, -0.05) is 29.4 Å². The number of nitrogens with one attached hydrogen (secondary N) is 1.